The topological polar surface area (TPSA) is 75.2 Å². The molecule has 0 saturated carbocycles. The van der Waals surface area contributed by atoms with E-state index in [4.69, 9.17) is 22.1 Å². The van der Waals surface area contributed by atoms with Gasteiger partial charge in [-0.3, -0.25) is 0 Å². The molecule has 3 aromatic rings. The van der Waals surface area contributed by atoms with Gasteiger partial charge in [-0.25, -0.2) is 9.78 Å². The number of benzene rings is 2. The molecule has 25 heavy (non-hydrogen) atoms. The van der Waals surface area contributed by atoms with Crippen LogP contribution in [-0.2, 0) is 6.42 Å². The standard InChI is InChI=1S/C19H14N2O3S/c1-10-2-7-15-13(8-10)9-14-17(24-15)20-16(21-18(14)25)11-3-5-12(6-4-11)19(22)23/h2-8H,9H2,1H3,(H,22,23)(H,20,21,25). The molecule has 0 aliphatic carbocycles. The molecule has 0 bridgehead atoms. The van der Waals surface area contributed by atoms with Crippen LogP contribution in [0.25, 0.3) is 11.4 Å². The van der Waals surface area contributed by atoms with Crippen molar-refractivity contribution in [1.29, 1.82) is 0 Å². The minimum Gasteiger partial charge on any atom is -0.478 e. The molecule has 2 heterocycles. The molecule has 0 unspecified atom stereocenters. The normalized spacial score (nSPS) is 12.0. The lowest BCUT2D eigenvalue weighted by molar-refractivity contribution is 0.0697. The van der Waals surface area contributed by atoms with E-state index in [-0.39, 0.29) is 5.56 Å². The van der Waals surface area contributed by atoms with E-state index in [1.807, 2.05) is 19.1 Å². The summed E-state index contributed by atoms with van der Waals surface area (Å²) in [5.74, 6) is 0.986. The van der Waals surface area contributed by atoms with Crippen LogP contribution < -0.4 is 4.74 Å². The van der Waals surface area contributed by atoms with Crippen molar-refractivity contribution in [3.05, 3.63) is 69.4 Å². The second-order valence-electron chi connectivity index (χ2n) is 5.97. The summed E-state index contributed by atoms with van der Waals surface area (Å²) >= 11 is 5.45. The van der Waals surface area contributed by atoms with Gasteiger partial charge in [0.05, 0.1) is 11.1 Å². The lowest BCUT2D eigenvalue weighted by Gasteiger charge is -2.20. The highest BCUT2D eigenvalue weighted by Crippen LogP contribution is 2.36. The smallest absolute Gasteiger partial charge is 0.335 e. The highest BCUT2D eigenvalue weighted by atomic mass is 32.1. The van der Waals surface area contributed by atoms with Crippen molar-refractivity contribution < 1.29 is 14.6 Å². The number of fused-ring (bicyclic) bond motifs is 2. The number of hydrogen-bond donors (Lipinski definition) is 2. The zero-order valence-electron chi connectivity index (χ0n) is 13.4. The lowest BCUT2D eigenvalue weighted by atomic mass is 10.0. The molecule has 0 fully saturated rings. The average Bonchev–Trinajstić information content (AvgIpc) is 2.60. The van der Waals surface area contributed by atoms with Gasteiger partial charge < -0.3 is 14.8 Å². The molecule has 4 rings (SSSR count). The first-order valence-electron chi connectivity index (χ1n) is 7.75. The highest BCUT2D eigenvalue weighted by Gasteiger charge is 2.20. The van der Waals surface area contributed by atoms with Gasteiger partial charge in [-0.15, -0.1) is 0 Å². The molecule has 0 saturated heterocycles. The molecule has 124 valence electrons. The maximum Gasteiger partial charge on any atom is 0.335 e. The van der Waals surface area contributed by atoms with Gasteiger partial charge in [0.1, 0.15) is 16.2 Å². The zero-order chi connectivity index (χ0) is 17.6. The van der Waals surface area contributed by atoms with E-state index in [9.17, 15) is 4.79 Å². The molecule has 0 amide bonds. The number of rotatable bonds is 2. The van der Waals surface area contributed by atoms with Crippen molar-refractivity contribution in [2.75, 3.05) is 0 Å². The van der Waals surface area contributed by atoms with Gasteiger partial charge in [-0.1, -0.05) is 42.0 Å². The van der Waals surface area contributed by atoms with Crippen LogP contribution >= 0.6 is 12.2 Å². The summed E-state index contributed by atoms with van der Waals surface area (Å²) in [6.45, 7) is 2.04. The fourth-order valence-electron chi connectivity index (χ4n) is 2.87. The summed E-state index contributed by atoms with van der Waals surface area (Å²) in [4.78, 5) is 18.6. The second kappa shape index (κ2) is 5.82. The first kappa shape index (κ1) is 15.5. The maximum atomic E-state index is 11.0. The Labute approximate surface area is 149 Å². The number of carbonyl (C=O) groups is 1. The molecule has 2 N–H and O–H groups in total. The molecular weight excluding hydrogens is 336 g/mol. The average molecular weight is 350 g/mol. The number of carboxylic acids is 1. The Morgan fingerprint density at radius 2 is 2.00 bits per heavy atom. The predicted octanol–water partition coefficient (Wildman–Crippen LogP) is 4.51. The number of aromatic amines is 1. The largest absolute Gasteiger partial charge is 0.478 e. The molecule has 0 radical (unpaired) electrons. The molecule has 1 aromatic heterocycles. The summed E-state index contributed by atoms with van der Waals surface area (Å²) in [5, 5.41) is 9.00. The van der Waals surface area contributed by atoms with E-state index < -0.39 is 5.97 Å². The van der Waals surface area contributed by atoms with E-state index in [2.05, 4.69) is 16.0 Å². The van der Waals surface area contributed by atoms with Crippen molar-refractivity contribution in [2.45, 2.75) is 13.3 Å². The van der Waals surface area contributed by atoms with Gasteiger partial charge in [0, 0.05) is 12.0 Å². The minimum atomic E-state index is -0.965. The Morgan fingerprint density at radius 1 is 1.24 bits per heavy atom. The third kappa shape index (κ3) is 2.81. The van der Waals surface area contributed by atoms with Crippen molar-refractivity contribution >= 4 is 18.2 Å². The van der Waals surface area contributed by atoms with E-state index >= 15 is 0 Å². The molecule has 0 spiro atoms. The van der Waals surface area contributed by atoms with Crippen molar-refractivity contribution in [1.82, 2.24) is 9.97 Å². The van der Waals surface area contributed by atoms with E-state index in [0.717, 1.165) is 22.4 Å². The number of ether oxygens (including phenoxy) is 1. The van der Waals surface area contributed by atoms with Crippen molar-refractivity contribution in [3.63, 3.8) is 0 Å². The third-order valence-electron chi connectivity index (χ3n) is 4.18. The molecule has 1 aliphatic rings. The molecular formula is C19H14N2O3S. The van der Waals surface area contributed by atoms with Crippen LogP contribution in [0.3, 0.4) is 0 Å². The number of hydrogen-bond acceptors (Lipinski definition) is 4. The summed E-state index contributed by atoms with van der Waals surface area (Å²) in [7, 11) is 0. The van der Waals surface area contributed by atoms with E-state index in [0.29, 0.717) is 22.8 Å². The van der Waals surface area contributed by atoms with E-state index in [1.54, 1.807) is 12.1 Å². The SMILES string of the molecule is Cc1ccc2c(c1)Cc1c([nH]c(-c3ccc(C(=O)O)cc3)nc1=S)O2. The summed E-state index contributed by atoms with van der Waals surface area (Å²) in [6, 6.07) is 12.5. The van der Waals surface area contributed by atoms with Crippen LogP contribution in [0.1, 0.15) is 27.0 Å². The van der Waals surface area contributed by atoms with Crippen LogP contribution in [0, 0.1) is 11.6 Å². The minimum absolute atomic E-state index is 0.223. The van der Waals surface area contributed by atoms with Crippen LogP contribution in [0.2, 0.25) is 0 Å². The first-order valence-corrected chi connectivity index (χ1v) is 8.16. The Balaban J connectivity index is 1.76. The molecule has 5 nitrogen and oxygen atoms in total. The van der Waals surface area contributed by atoms with E-state index in [1.165, 1.54) is 17.7 Å². The van der Waals surface area contributed by atoms with Crippen molar-refractivity contribution in [2.24, 2.45) is 0 Å². The summed E-state index contributed by atoms with van der Waals surface area (Å²) in [6.07, 6.45) is 0.674. The Bertz CT molecular complexity index is 1060. The lowest BCUT2D eigenvalue weighted by Crippen LogP contribution is -2.08. The number of aryl methyl sites for hydroxylation is 1. The van der Waals surface area contributed by atoms with Gasteiger partial charge >= 0.3 is 5.97 Å². The van der Waals surface area contributed by atoms with Gasteiger partial charge in [-0.05, 0) is 30.7 Å². The quantitative estimate of drug-likeness (QED) is 0.520. The molecule has 6 heteroatoms. The Morgan fingerprint density at radius 3 is 2.72 bits per heavy atom. The second-order valence-corrected chi connectivity index (χ2v) is 6.36. The fraction of sp³-hybridized carbons (Fsp3) is 0.105. The number of nitrogens with one attached hydrogen (secondary N) is 1. The Kier molecular flexibility index (Phi) is 3.62. The predicted molar refractivity (Wildman–Crippen MR) is 95.9 cm³/mol. The Hall–Kier alpha value is -2.99. The number of H-pyrrole nitrogens is 1. The van der Waals surface area contributed by atoms with Crippen LogP contribution in [-0.4, -0.2) is 21.0 Å². The zero-order valence-corrected chi connectivity index (χ0v) is 14.2. The number of nitrogens with zero attached hydrogens (tertiary/aromatic N) is 1. The van der Waals surface area contributed by atoms with Gasteiger partial charge in [0.15, 0.2) is 0 Å². The maximum absolute atomic E-state index is 11.0. The van der Waals surface area contributed by atoms with Crippen LogP contribution in [0.5, 0.6) is 11.6 Å². The first-order chi connectivity index (χ1) is 12.0. The number of aromatic carboxylic acids is 1. The summed E-state index contributed by atoms with van der Waals surface area (Å²) < 4.78 is 6.47. The van der Waals surface area contributed by atoms with Gasteiger partial charge in [0.2, 0.25) is 5.88 Å². The third-order valence-corrected chi connectivity index (χ3v) is 4.52. The van der Waals surface area contributed by atoms with Crippen LogP contribution in [0.15, 0.2) is 42.5 Å². The number of aromatic nitrogens is 2. The summed E-state index contributed by atoms with van der Waals surface area (Å²) in [5.41, 5.74) is 4.09. The fourth-order valence-corrected chi connectivity index (χ4v) is 3.13. The van der Waals surface area contributed by atoms with Crippen LogP contribution in [0.4, 0.5) is 0 Å². The van der Waals surface area contributed by atoms with Crippen molar-refractivity contribution in [3.8, 4) is 23.0 Å². The molecule has 0 atom stereocenters. The van der Waals surface area contributed by atoms with Gasteiger partial charge in [0.25, 0.3) is 0 Å². The highest BCUT2D eigenvalue weighted by molar-refractivity contribution is 7.71. The number of carboxylic acid groups (broad SMARTS) is 1. The molecule has 2 aromatic carbocycles. The monoisotopic (exact) mass is 350 g/mol. The van der Waals surface area contributed by atoms with Gasteiger partial charge in [-0.2, -0.15) is 0 Å². The molecule has 1 aliphatic heterocycles.